The van der Waals surface area contributed by atoms with Gasteiger partial charge in [-0.05, 0) is 32.8 Å². The predicted molar refractivity (Wildman–Crippen MR) is 76.2 cm³/mol. The highest BCUT2D eigenvalue weighted by Crippen LogP contribution is 2.19. The molecule has 0 saturated carbocycles. The van der Waals surface area contributed by atoms with Crippen LogP contribution in [0.15, 0.2) is 18.2 Å². The van der Waals surface area contributed by atoms with Crippen LogP contribution in [0.2, 0.25) is 0 Å². The lowest BCUT2D eigenvalue weighted by Crippen LogP contribution is -2.32. The Bertz CT molecular complexity index is 556. The fourth-order valence-corrected chi connectivity index (χ4v) is 1.89. The topological polar surface area (TPSA) is 110 Å². The van der Waals surface area contributed by atoms with Crippen molar-refractivity contribution in [3.8, 4) is 0 Å². The molecule has 7 nitrogen and oxygen atoms in total. The Morgan fingerprint density at radius 1 is 1.43 bits per heavy atom. The number of aliphatic carboxylic acids is 1. The molecule has 21 heavy (non-hydrogen) atoms. The molecule has 1 amide bonds. The highest BCUT2D eigenvalue weighted by atomic mass is 16.6. The zero-order valence-electron chi connectivity index (χ0n) is 12.0. The molecule has 0 heterocycles. The number of carbonyl (C=O) groups is 2. The van der Waals surface area contributed by atoms with Crippen LogP contribution in [0.25, 0.3) is 0 Å². The fraction of sp³-hybridized carbons (Fsp3) is 0.429. The smallest absolute Gasteiger partial charge is 0.303 e. The molecule has 2 N–H and O–H groups in total. The zero-order chi connectivity index (χ0) is 16.0. The van der Waals surface area contributed by atoms with Gasteiger partial charge in [-0.3, -0.25) is 19.7 Å². The molecule has 0 aliphatic carbocycles. The summed E-state index contributed by atoms with van der Waals surface area (Å²) in [5.74, 6) is -1.27. The summed E-state index contributed by atoms with van der Waals surface area (Å²) in [5.41, 5.74) is 0.615. The van der Waals surface area contributed by atoms with E-state index < -0.39 is 16.8 Å². The van der Waals surface area contributed by atoms with Gasteiger partial charge in [0.05, 0.1) is 4.92 Å². The maximum absolute atomic E-state index is 12.0. The van der Waals surface area contributed by atoms with Gasteiger partial charge in [0, 0.05) is 29.7 Å². The van der Waals surface area contributed by atoms with Gasteiger partial charge in [-0.2, -0.15) is 0 Å². The van der Waals surface area contributed by atoms with E-state index in [1.807, 2.05) is 0 Å². The van der Waals surface area contributed by atoms with Crippen molar-refractivity contribution in [2.24, 2.45) is 0 Å². The Kier molecular flexibility index (Phi) is 5.83. The normalized spacial score (nSPS) is 11.7. The summed E-state index contributed by atoms with van der Waals surface area (Å²) in [6.45, 7) is 3.37. The molecule has 1 rings (SSSR count). The maximum Gasteiger partial charge on any atom is 0.303 e. The number of nitrogens with one attached hydrogen (secondary N) is 1. The largest absolute Gasteiger partial charge is 0.481 e. The number of amides is 1. The standard InChI is InChI=1S/C14H18N2O5/c1-9-6-7-11(8-12(9)16(20)21)14(19)15-10(2)4-3-5-13(17)18/h6-8,10H,3-5H2,1-2H3,(H,15,19)(H,17,18). The monoisotopic (exact) mass is 294 g/mol. The van der Waals surface area contributed by atoms with Crippen molar-refractivity contribution in [1.82, 2.24) is 5.32 Å². The van der Waals surface area contributed by atoms with Gasteiger partial charge in [-0.1, -0.05) is 6.07 Å². The van der Waals surface area contributed by atoms with E-state index >= 15 is 0 Å². The highest BCUT2D eigenvalue weighted by Gasteiger charge is 2.16. The van der Waals surface area contributed by atoms with E-state index in [0.29, 0.717) is 18.4 Å². The molecule has 0 aromatic heterocycles. The average Bonchev–Trinajstić information content (AvgIpc) is 2.38. The molecule has 0 fully saturated rings. The number of nitro groups is 1. The number of benzene rings is 1. The molecular weight excluding hydrogens is 276 g/mol. The Labute approximate surface area is 122 Å². The molecule has 1 atom stereocenters. The van der Waals surface area contributed by atoms with Crippen molar-refractivity contribution in [2.45, 2.75) is 39.2 Å². The number of nitrogens with zero attached hydrogens (tertiary/aromatic N) is 1. The summed E-state index contributed by atoms with van der Waals surface area (Å²) in [6, 6.07) is 4.11. The first-order chi connectivity index (χ1) is 9.81. The van der Waals surface area contributed by atoms with Gasteiger partial charge in [0.2, 0.25) is 0 Å². The lowest BCUT2D eigenvalue weighted by Gasteiger charge is -2.13. The second-order valence-corrected chi connectivity index (χ2v) is 4.92. The van der Waals surface area contributed by atoms with E-state index in [-0.39, 0.29) is 23.7 Å². The van der Waals surface area contributed by atoms with Gasteiger partial charge in [0.25, 0.3) is 11.6 Å². The van der Waals surface area contributed by atoms with Crippen LogP contribution in [-0.2, 0) is 4.79 Å². The number of aryl methyl sites for hydroxylation is 1. The third kappa shape index (κ3) is 5.21. The molecule has 1 aromatic rings. The summed E-state index contributed by atoms with van der Waals surface area (Å²) < 4.78 is 0. The third-order valence-electron chi connectivity index (χ3n) is 3.07. The first-order valence-corrected chi connectivity index (χ1v) is 6.59. The van der Waals surface area contributed by atoms with Crippen LogP contribution in [-0.4, -0.2) is 27.9 Å². The van der Waals surface area contributed by atoms with Crippen molar-refractivity contribution in [3.63, 3.8) is 0 Å². The summed E-state index contributed by atoms with van der Waals surface area (Å²) in [4.78, 5) is 32.7. The van der Waals surface area contributed by atoms with E-state index in [0.717, 1.165) is 0 Å². The quantitative estimate of drug-likeness (QED) is 0.592. The number of carboxylic acids is 1. The van der Waals surface area contributed by atoms with Crippen molar-refractivity contribution in [2.75, 3.05) is 0 Å². The van der Waals surface area contributed by atoms with Gasteiger partial charge in [0.15, 0.2) is 0 Å². The highest BCUT2D eigenvalue weighted by molar-refractivity contribution is 5.95. The molecule has 0 aliphatic heterocycles. The summed E-state index contributed by atoms with van der Waals surface area (Å²) in [5, 5.41) is 22.1. The minimum absolute atomic E-state index is 0.0518. The molecular formula is C14H18N2O5. The molecule has 1 unspecified atom stereocenters. The predicted octanol–water partition coefficient (Wildman–Crippen LogP) is 2.28. The van der Waals surface area contributed by atoms with Crippen LogP contribution in [0.4, 0.5) is 5.69 Å². The molecule has 0 radical (unpaired) electrons. The average molecular weight is 294 g/mol. The van der Waals surface area contributed by atoms with Gasteiger partial charge in [0.1, 0.15) is 0 Å². The van der Waals surface area contributed by atoms with Crippen LogP contribution in [0.5, 0.6) is 0 Å². The summed E-state index contributed by atoms with van der Waals surface area (Å²) in [6.07, 6.45) is 1.05. The molecule has 0 saturated heterocycles. The van der Waals surface area contributed by atoms with Gasteiger partial charge < -0.3 is 10.4 Å². The Morgan fingerprint density at radius 3 is 2.67 bits per heavy atom. The van der Waals surface area contributed by atoms with Gasteiger partial charge >= 0.3 is 5.97 Å². The summed E-state index contributed by atoms with van der Waals surface area (Å²) in [7, 11) is 0. The number of carbonyl (C=O) groups excluding carboxylic acids is 1. The first kappa shape index (κ1) is 16.6. The van der Waals surface area contributed by atoms with Crippen LogP contribution in [0, 0.1) is 17.0 Å². The van der Waals surface area contributed by atoms with Crippen LogP contribution in [0.3, 0.4) is 0 Å². The van der Waals surface area contributed by atoms with Crippen LogP contribution < -0.4 is 5.32 Å². The second kappa shape index (κ2) is 7.37. The van der Waals surface area contributed by atoms with Crippen molar-refractivity contribution < 1.29 is 19.6 Å². The third-order valence-corrected chi connectivity index (χ3v) is 3.07. The number of hydrogen-bond donors (Lipinski definition) is 2. The molecule has 0 spiro atoms. The number of hydrogen-bond acceptors (Lipinski definition) is 4. The van der Waals surface area contributed by atoms with E-state index in [2.05, 4.69) is 5.32 Å². The summed E-state index contributed by atoms with van der Waals surface area (Å²) >= 11 is 0. The Hall–Kier alpha value is -2.44. The maximum atomic E-state index is 12.0. The van der Waals surface area contributed by atoms with E-state index in [9.17, 15) is 19.7 Å². The lowest BCUT2D eigenvalue weighted by molar-refractivity contribution is -0.385. The zero-order valence-corrected chi connectivity index (χ0v) is 12.0. The molecule has 114 valence electrons. The van der Waals surface area contributed by atoms with Crippen LogP contribution >= 0.6 is 0 Å². The minimum Gasteiger partial charge on any atom is -0.481 e. The van der Waals surface area contributed by atoms with Crippen molar-refractivity contribution >= 4 is 17.6 Å². The van der Waals surface area contributed by atoms with Gasteiger partial charge in [-0.25, -0.2) is 0 Å². The SMILES string of the molecule is Cc1ccc(C(=O)NC(C)CCCC(=O)O)cc1[N+](=O)[O-]. The molecule has 0 bridgehead atoms. The Morgan fingerprint density at radius 2 is 2.10 bits per heavy atom. The van der Waals surface area contributed by atoms with E-state index in [1.54, 1.807) is 13.8 Å². The lowest BCUT2D eigenvalue weighted by atomic mass is 10.1. The number of carboxylic acid groups (broad SMARTS) is 1. The second-order valence-electron chi connectivity index (χ2n) is 4.92. The van der Waals surface area contributed by atoms with Crippen molar-refractivity contribution in [3.05, 3.63) is 39.4 Å². The molecule has 7 heteroatoms. The van der Waals surface area contributed by atoms with Crippen molar-refractivity contribution in [1.29, 1.82) is 0 Å². The molecule has 1 aromatic carbocycles. The Balaban J connectivity index is 2.65. The minimum atomic E-state index is -0.873. The van der Waals surface area contributed by atoms with Gasteiger partial charge in [-0.15, -0.1) is 0 Å². The van der Waals surface area contributed by atoms with Crippen LogP contribution in [0.1, 0.15) is 42.1 Å². The van der Waals surface area contributed by atoms with E-state index in [4.69, 9.17) is 5.11 Å². The first-order valence-electron chi connectivity index (χ1n) is 6.59. The number of nitro benzene ring substituents is 1. The number of rotatable bonds is 7. The fourth-order valence-electron chi connectivity index (χ4n) is 1.89. The molecule has 0 aliphatic rings. The van der Waals surface area contributed by atoms with E-state index in [1.165, 1.54) is 18.2 Å².